The maximum absolute atomic E-state index is 12.3. The molecular weight excluding hydrogens is 320 g/mol. The average Bonchev–Trinajstić information content (AvgIpc) is 2.77. The zero-order chi connectivity index (χ0) is 14.8. The molecule has 1 aromatic rings. The summed E-state index contributed by atoms with van der Waals surface area (Å²) in [5.41, 5.74) is 0.124. The molecule has 0 unspecified atom stereocenters. The van der Waals surface area contributed by atoms with E-state index in [1.807, 2.05) is 31.0 Å². The van der Waals surface area contributed by atoms with E-state index < -0.39 is 5.54 Å². The Morgan fingerprint density at radius 1 is 1.35 bits per heavy atom. The fourth-order valence-corrected chi connectivity index (χ4v) is 2.74. The first-order valence-electron chi connectivity index (χ1n) is 6.72. The molecule has 1 atom stereocenters. The summed E-state index contributed by atoms with van der Waals surface area (Å²) in [5, 5.41) is 2.77. The standard InChI is InChI=1S/C15H19BrN2O2/c1-15(8-3-9-18(15)2)14(20)17-10-13(19)11-4-6-12(16)7-5-11/h4-7H,3,8-10H2,1-2H3,(H,17,20)/t15-/m0/s1. The van der Waals surface area contributed by atoms with Gasteiger partial charge < -0.3 is 5.32 Å². The van der Waals surface area contributed by atoms with Crippen molar-refractivity contribution in [3.05, 3.63) is 34.3 Å². The number of amides is 1. The number of hydrogen-bond donors (Lipinski definition) is 1. The second-order valence-electron chi connectivity index (χ2n) is 5.41. The summed E-state index contributed by atoms with van der Waals surface area (Å²) >= 11 is 3.33. The van der Waals surface area contributed by atoms with Gasteiger partial charge in [0.15, 0.2) is 5.78 Å². The van der Waals surface area contributed by atoms with Gasteiger partial charge in [0.2, 0.25) is 5.91 Å². The van der Waals surface area contributed by atoms with Crippen LogP contribution in [0.1, 0.15) is 30.1 Å². The Labute approximate surface area is 127 Å². The van der Waals surface area contributed by atoms with Crippen LogP contribution in [0.15, 0.2) is 28.7 Å². The summed E-state index contributed by atoms with van der Waals surface area (Å²) in [4.78, 5) is 26.3. The number of ketones is 1. The van der Waals surface area contributed by atoms with Crippen LogP contribution in [-0.4, -0.2) is 42.3 Å². The second-order valence-corrected chi connectivity index (χ2v) is 6.33. The summed E-state index contributed by atoms with van der Waals surface area (Å²) in [6.45, 7) is 2.90. The molecular formula is C15H19BrN2O2. The van der Waals surface area contributed by atoms with Gasteiger partial charge in [-0.05, 0) is 45.5 Å². The van der Waals surface area contributed by atoms with Crippen molar-refractivity contribution in [1.82, 2.24) is 10.2 Å². The van der Waals surface area contributed by atoms with Gasteiger partial charge >= 0.3 is 0 Å². The highest BCUT2D eigenvalue weighted by atomic mass is 79.9. The van der Waals surface area contributed by atoms with E-state index in [4.69, 9.17) is 0 Å². The molecule has 1 saturated heterocycles. The Bertz CT molecular complexity index is 515. The molecule has 0 radical (unpaired) electrons. The molecule has 1 amide bonds. The number of likely N-dealkylation sites (tertiary alicyclic amines) is 1. The molecule has 2 rings (SSSR count). The highest BCUT2D eigenvalue weighted by molar-refractivity contribution is 9.10. The first-order chi connectivity index (χ1) is 9.43. The Hall–Kier alpha value is -1.20. The number of carbonyl (C=O) groups excluding carboxylic acids is 2. The fraction of sp³-hybridized carbons (Fsp3) is 0.467. The summed E-state index contributed by atoms with van der Waals surface area (Å²) in [7, 11) is 1.95. The molecule has 0 aromatic heterocycles. The van der Waals surface area contributed by atoms with Gasteiger partial charge in [-0.25, -0.2) is 0 Å². The highest BCUT2D eigenvalue weighted by Crippen LogP contribution is 2.27. The van der Waals surface area contributed by atoms with Crippen molar-refractivity contribution in [2.45, 2.75) is 25.3 Å². The molecule has 4 nitrogen and oxygen atoms in total. The third-order valence-corrected chi connectivity index (χ3v) is 4.59. The van der Waals surface area contributed by atoms with E-state index in [-0.39, 0.29) is 18.2 Å². The lowest BCUT2D eigenvalue weighted by atomic mass is 9.98. The maximum Gasteiger partial charge on any atom is 0.240 e. The van der Waals surface area contributed by atoms with E-state index >= 15 is 0 Å². The lowest BCUT2D eigenvalue weighted by Gasteiger charge is -2.30. The number of rotatable bonds is 4. The number of carbonyl (C=O) groups is 2. The Morgan fingerprint density at radius 3 is 2.55 bits per heavy atom. The molecule has 0 saturated carbocycles. The van der Waals surface area contributed by atoms with E-state index in [1.165, 1.54) is 0 Å². The lowest BCUT2D eigenvalue weighted by Crippen LogP contribution is -2.52. The number of likely N-dealkylation sites (N-methyl/N-ethyl adjacent to an activating group) is 1. The van der Waals surface area contributed by atoms with Gasteiger partial charge in [-0.3, -0.25) is 14.5 Å². The number of nitrogens with one attached hydrogen (secondary N) is 1. The molecule has 20 heavy (non-hydrogen) atoms. The molecule has 1 aliphatic rings. The van der Waals surface area contributed by atoms with Gasteiger partial charge in [-0.1, -0.05) is 28.1 Å². The predicted octanol–water partition coefficient (Wildman–Crippen LogP) is 2.23. The van der Waals surface area contributed by atoms with E-state index in [0.29, 0.717) is 5.56 Å². The van der Waals surface area contributed by atoms with Gasteiger partial charge in [0, 0.05) is 10.0 Å². The largest absolute Gasteiger partial charge is 0.347 e. The first-order valence-corrected chi connectivity index (χ1v) is 7.51. The number of halogens is 1. The van der Waals surface area contributed by atoms with E-state index in [9.17, 15) is 9.59 Å². The molecule has 0 spiro atoms. The zero-order valence-corrected chi connectivity index (χ0v) is 13.4. The monoisotopic (exact) mass is 338 g/mol. The van der Waals surface area contributed by atoms with Crippen molar-refractivity contribution in [1.29, 1.82) is 0 Å². The van der Waals surface area contributed by atoms with Crippen molar-refractivity contribution in [3.63, 3.8) is 0 Å². The van der Waals surface area contributed by atoms with Crippen molar-refractivity contribution in [2.24, 2.45) is 0 Å². The molecule has 5 heteroatoms. The Balaban J connectivity index is 1.93. The minimum absolute atomic E-state index is 0.0455. The summed E-state index contributed by atoms with van der Waals surface area (Å²) in [6.07, 6.45) is 1.85. The quantitative estimate of drug-likeness (QED) is 0.856. The predicted molar refractivity (Wildman–Crippen MR) is 81.8 cm³/mol. The molecule has 1 N–H and O–H groups in total. The van der Waals surface area contributed by atoms with Crippen molar-refractivity contribution >= 4 is 27.6 Å². The van der Waals surface area contributed by atoms with Crippen LogP contribution < -0.4 is 5.32 Å². The SMILES string of the molecule is CN1CCC[C@@]1(C)C(=O)NCC(=O)c1ccc(Br)cc1. The smallest absolute Gasteiger partial charge is 0.240 e. The number of nitrogens with zero attached hydrogens (tertiary/aromatic N) is 1. The molecule has 1 aromatic carbocycles. The van der Waals surface area contributed by atoms with Crippen LogP contribution >= 0.6 is 15.9 Å². The number of Topliss-reactive ketones (excluding diaryl/α,β-unsaturated/α-hetero) is 1. The van der Waals surface area contributed by atoms with Gasteiger partial charge in [0.25, 0.3) is 0 Å². The van der Waals surface area contributed by atoms with Gasteiger partial charge in [-0.2, -0.15) is 0 Å². The molecule has 0 bridgehead atoms. The normalized spacial score (nSPS) is 22.8. The average molecular weight is 339 g/mol. The maximum atomic E-state index is 12.3. The molecule has 1 heterocycles. The molecule has 0 aliphatic carbocycles. The zero-order valence-electron chi connectivity index (χ0n) is 11.8. The lowest BCUT2D eigenvalue weighted by molar-refractivity contribution is -0.130. The van der Waals surface area contributed by atoms with Crippen LogP contribution in [0.3, 0.4) is 0 Å². The summed E-state index contributed by atoms with van der Waals surface area (Å²) in [5.74, 6) is -0.141. The Morgan fingerprint density at radius 2 is 2.00 bits per heavy atom. The molecule has 1 fully saturated rings. The minimum atomic E-state index is -0.486. The molecule has 108 valence electrons. The van der Waals surface area contributed by atoms with Crippen LogP contribution in [0.25, 0.3) is 0 Å². The summed E-state index contributed by atoms with van der Waals surface area (Å²) in [6, 6.07) is 7.15. The van der Waals surface area contributed by atoms with Crippen LogP contribution in [-0.2, 0) is 4.79 Å². The topological polar surface area (TPSA) is 49.4 Å². The van der Waals surface area contributed by atoms with Crippen molar-refractivity contribution < 1.29 is 9.59 Å². The summed E-state index contributed by atoms with van der Waals surface area (Å²) < 4.78 is 0.929. The number of hydrogen-bond acceptors (Lipinski definition) is 3. The molecule has 1 aliphatic heterocycles. The van der Waals surface area contributed by atoms with E-state index in [1.54, 1.807) is 12.1 Å². The van der Waals surface area contributed by atoms with Crippen LogP contribution in [0, 0.1) is 0 Å². The van der Waals surface area contributed by atoms with E-state index in [2.05, 4.69) is 21.2 Å². The minimum Gasteiger partial charge on any atom is -0.347 e. The van der Waals surface area contributed by atoms with Crippen molar-refractivity contribution in [2.75, 3.05) is 20.1 Å². The van der Waals surface area contributed by atoms with Gasteiger partial charge in [0.05, 0.1) is 12.1 Å². The van der Waals surface area contributed by atoms with E-state index in [0.717, 1.165) is 23.9 Å². The van der Waals surface area contributed by atoms with Gasteiger partial charge in [-0.15, -0.1) is 0 Å². The van der Waals surface area contributed by atoms with Crippen LogP contribution in [0.2, 0.25) is 0 Å². The number of benzene rings is 1. The highest BCUT2D eigenvalue weighted by Gasteiger charge is 2.40. The van der Waals surface area contributed by atoms with Crippen LogP contribution in [0.4, 0.5) is 0 Å². The Kier molecular flexibility index (Phi) is 4.60. The third kappa shape index (κ3) is 3.10. The van der Waals surface area contributed by atoms with Gasteiger partial charge in [0.1, 0.15) is 0 Å². The first kappa shape index (κ1) is 15.2. The fourth-order valence-electron chi connectivity index (χ4n) is 2.47. The van der Waals surface area contributed by atoms with Crippen LogP contribution in [0.5, 0.6) is 0 Å². The van der Waals surface area contributed by atoms with Crippen molar-refractivity contribution in [3.8, 4) is 0 Å². The third-order valence-electron chi connectivity index (χ3n) is 4.06. The second kappa shape index (κ2) is 6.06.